The van der Waals surface area contributed by atoms with Crippen LogP contribution in [0.2, 0.25) is 0 Å². The zero-order valence-electron chi connectivity index (χ0n) is 16.2. The third kappa shape index (κ3) is 3.66. The number of fused-ring (bicyclic) bond motifs is 1. The Hall–Kier alpha value is -4.34. The molecule has 1 fully saturated rings. The number of nitrogens with one attached hydrogen (secondary N) is 1. The van der Waals surface area contributed by atoms with Crippen LogP contribution in [0.1, 0.15) is 22.8 Å². The lowest BCUT2D eigenvalue weighted by molar-refractivity contribution is -0.122. The predicted molar refractivity (Wildman–Crippen MR) is 106 cm³/mol. The van der Waals surface area contributed by atoms with Gasteiger partial charge in [-0.1, -0.05) is 6.07 Å². The largest absolute Gasteiger partial charge is 0.493 e. The van der Waals surface area contributed by atoms with Crippen LogP contribution < -0.4 is 24.4 Å². The zero-order chi connectivity index (χ0) is 22.1. The first-order chi connectivity index (χ1) is 14.9. The molecular formula is C21H16N2O8. The van der Waals surface area contributed by atoms with Gasteiger partial charge in [0.15, 0.2) is 11.5 Å². The van der Waals surface area contributed by atoms with E-state index >= 15 is 0 Å². The van der Waals surface area contributed by atoms with E-state index in [-0.39, 0.29) is 23.6 Å². The van der Waals surface area contributed by atoms with Crippen molar-refractivity contribution in [1.82, 2.24) is 5.32 Å². The number of hydrogen-bond acceptors (Lipinski definition) is 7. The Morgan fingerprint density at radius 1 is 1.19 bits per heavy atom. The molecule has 10 heteroatoms. The molecule has 4 rings (SSSR count). The van der Waals surface area contributed by atoms with Gasteiger partial charge >= 0.3 is 12.0 Å². The van der Waals surface area contributed by atoms with Crippen LogP contribution >= 0.6 is 0 Å². The van der Waals surface area contributed by atoms with Crippen molar-refractivity contribution >= 4 is 35.6 Å². The number of rotatable bonds is 5. The maximum Gasteiger partial charge on any atom is 0.335 e. The van der Waals surface area contributed by atoms with Gasteiger partial charge in [0.25, 0.3) is 11.8 Å². The number of imide groups is 2. The number of nitrogens with zero attached hydrogens (tertiary/aromatic N) is 1. The van der Waals surface area contributed by atoms with Crippen molar-refractivity contribution in [3.63, 3.8) is 0 Å². The molecular weight excluding hydrogens is 408 g/mol. The minimum Gasteiger partial charge on any atom is -0.493 e. The molecule has 158 valence electrons. The standard InChI is InChI=1S/C21H16N2O8/c1-2-29-15-9-17-16(30-10-31-17)8-12(15)7-14-18(24)22-21(28)23(19(14)25)13-5-3-4-11(6-13)20(26)27/h3-9H,2,10H2,1H3,(H,26,27)(H,22,24,28)/b14-7-. The zero-order valence-corrected chi connectivity index (χ0v) is 16.2. The van der Waals surface area contributed by atoms with Crippen LogP contribution in [0.4, 0.5) is 10.5 Å². The third-order valence-electron chi connectivity index (χ3n) is 4.56. The number of ether oxygens (including phenoxy) is 3. The van der Waals surface area contributed by atoms with Crippen molar-refractivity contribution in [1.29, 1.82) is 0 Å². The predicted octanol–water partition coefficient (Wildman–Crippen LogP) is 2.18. The molecule has 2 aromatic carbocycles. The summed E-state index contributed by atoms with van der Waals surface area (Å²) in [6, 6.07) is 7.44. The van der Waals surface area contributed by atoms with Crippen molar-refractivity contribution < 1.29 is 38.5 Å². The van der Waals surface area contributed by atoms with Crippen LogP contribution in [0.5, 0.6) is 17.2 Å². The number of carboxylic acids is 1. The first-order valence-corrected chi connectivity index (χ1v) is 9.20. The second kappa shape index (κ2) is 7.82. The molecule has 0 atom stereocenters. The average molecular weight is 424 g/mol. The average Bonchev–Trinajstić information content (AvgIpc) is 3.18. The van der Waals surface area contributed by atoms with Gasteiger partial charge in [-0.3, -0.25) is 14.9 Å². The summed E-state index contributed by atoms with van der Waals surface area (Å²) in [4.78, 5) is 49.8. The van der Waals surface area contributed by atoms with E-state index in [1.807, 2.05) is 0 Å². The van der Waals surface area contributed by atoms with Gasteiger partial charge < -0.3 is 19.3 Å². The number of anilines is 1. The summed E-state index contributed by atoms with van der Waals surface area (Å²) >= 11 is 0. The fourth-order valence-corrected chi connectivity index (χ4v) is 3.16. The third-order valence-corrected chi connectivity index (χ3v) is 4.56. The molecule has 0 aliphatic carbocycles. The maximum absolute atomic E-state index is 13.1. The first-order valence-electron chi connectivity index (χ1n) is 9.20. The number of amides is 4. The van der Waals surface area contributed by atoms with E-state index in [1.165, 1.54) is 30.3 Å². The molecule has 4 amide bonds. The topological polar surface area (TPSA) is 131 Å². The lowest BCUT2D eigenvalue weighted by Crippen LogP contribution is -2.54. The number of urea groups is 1. The molecule has 0 bridgehead atoms. The Kier molecular flexibility index (Phi) is 5.04. The van der Waals surface area contributed by atoms with Gasteiger partial charge in [0.2, 0.25) is 6.79 Å². The summed E-state index contributed by atoms with van der Waals surface area (Å²) < 4.78 is 16.2. The molecule has 1 saturated heterocycles. The van der Waals surface area contributed by atoms with Gasteiger partial charge in [0.05, 0.1) is 17.9 Å². The fraction of sp³-hybridized carbons (Fsp3) is 0.143. The van der Waals surface area contributed by atoms with E-state index in [0.29, 0.717) is 34.3 Å². The number of carboxylic acid groups (broad SMARTS) is 1. The molecule has 10 nitrogen and oxygen atoms in total. The fourth-order valence-electron chi connectivity index (χ4n) is 3.16. The molecule has 2 aliphatic heterocycles. The summed E-state index contributed by atoms with van der Waals surface area (Å²) in [6.07, 6.45) is 1.28. The van der Waals surface area contributed by atoms with Gasteiger partial charge in [-0.2, -0.15) is 0 Å². The van der Waals surface area contributed by atoms with Crippen LogP contribution in [0.25, 0.3) is 6.08 Å². The molecule has 0 unspecified atom stereocenters. The molecule has 0 spiro atoms. The minimum atomic E-state index is -1.22. The van der Waals surface area contributed by atoms with Crippen LogP contribution in [-0.2, 0) is 9.59 Å². The lowest BCUT2D eigenvalue weighted by atomic mass is 10.0. The normalized spacial score (nSPS) is 16.5. The van der Waals surface area contributed by atoms with Crippen molar-refractivity contribution in [3.05, 3.63) is 53.1 Å². The van der Waals surface area contributed by atoms with Crippen molar-refractivity contribution in [2.24, 2.45) is 0 Å². The number of benzene rings is 2. The molecule has 2 N–H and O–H groups in total. The highest BCUT2D eigenvalue weighted by molar-refractivity contribution is 6.39. The van der Waals surface area contributed by atoms with Crippen molar-refractivity contribution in [2.75, 3.05) is 18.3 Å². The highest BCUT2D eigenvalue weighted by atomic mass is 16.7. The van der Waals surface area contributed by atoms with E-state index in [1.54, 1.807) is 19.1 Å². The maximum atomic E-state index is 13.1. The quantitative estimate of drug-likeness (QED) is 0.552. The highest BCUT2D eigenvalue weighted by Crippen LogP contribution is 2.39. The van der Waals surface area contributed by atoms with E-state index in [4.69, 9.17) is 14.2 Å². The summed E-state index contributed by atoms with van der Waals surface area (Å²) in [6.45, 7) is 2.13. The summed E-state index contributed by atoms with van der Waals surface area (Å²) in [5.74, 6) is -1.78. The van der Waals surface area contributed by atoms with Gasteiger partial charge in [-0.05, 0) is 37.3 Å². The summed E-state index contributed by atoms with van der Waals surface area (Å²) in [5.41, 5.74) is -0.0650. The Bertz CT molecular complexity index is 1150. The van der Waals surface area contributed by atoms with Gasteiger partial charge in [-0.25, -0.2) is 14.5 Å². The van der Waals surface area contributed by atoms with E-state index in [9.17, 15) is 24.3 Å². The lowest BCUT2D eigenvalue weighted by Gasteiger charge is -2.26. The van der Waals surface area contributed by atoms with E-state index in [0.717, 1.165) is 0 Å². The van der Waals surface area contributed by atoms with Gasteiger partial charge in [-0.15, -0.1) is 0 Å². The second-order valence-electron chi connectivity index (χ2n) is 6.49. The molecule has 2 aromatic rings. The Morgan fingerprint density at radius 2 is 1.94 bits per heavy atom. The van der Waals surface area contributed by atoms with E-state index < -0.39 is 23.8 Å². The second-order valence-corrected chi connectivity index (χ2v) is 6.49. The van der Waals surface area contributed by atoms with Crippen LogP contribution in [0, 0.1) is 0 Å². The minimum absolute atomic E-state index is 0.0107. The number of hydrogen-bond donors (Lipinski definition) is 2. The van der Waals surface area contributed by atoms with Crippen molar-refractivity contribution in [2.45, 2.75) is 6.92 Å². The van der Waals surface area contributed by atoms with Crippen LogP contribution in [0.3, 0.4) is 0 Å². The first kappa shape index (κ1) is 20.0. The van der Waals surface area contributed by atoms with Gasteiger partial charge in [0, 0.05) is 11.6 Å². The van der Waals surface area contributed by atoms with Crippen LogP contribution in [0.15, 0.2) is 42.0 Å². The molecule has 2 heterocycles. The van der Waals surface area contributed by atoms with Crippen molar-refractivity contribution in [3.8, 4) is 17.2 Å². The SMILES string of the molecule is CCOc1cc2c(cc1/C=C1/C(=O)NC(=O)N(c3cccc(C(=O)O)c3)C1=O)OCO2. The highest BCUT2D eigenvalue weighted by Gasteiger charge is 2.37. The summed E-state index contributed by atoms with van der Waals surface area (Å²) in [5, 5.41) is 11.3. The summed E-state index contributed by atoms with van der Waals surface area (Å²) in [7, 11) is 0. The number of carbonyl (C=O) groups is 4. The number of carbonyl (C=O) groups excluding carboxylic acids is 3. The Labute approximate surface area is 175 Å². The van der Waals surface area contributed by atoms with Crippen LogP contribution in [-0.4, -0.2) is 42.3 Å². The van der Waals surface area contributed by atoms with Gasteiger partial charge in [0.1, 0.15) is 11.3 Å². The molecule has 0 radical (unpaired) electrons. The molecule has 2 aliphatic rings. The monoisotopic (exact) mass is 424 g/mol. The Morgan fingerprint density at radius 3 is 2.65 bits per heavy atom. The molecule has 31 heavy (non-hydrogen) atoms. The Balaban J connectivity index is 1.77. The molecule has 0 saturated carbocycles. The molecule has 0 aromatic heterocycles. The van der Waals surface area contributed by atoms with E-state index in [2.05, 4.69) is 5.32 Å². The number of barbiturate groups is 1. The smallest absolute Gasteiger partial charge is 0.335 e. The number of aromatic carboxylic acids is 1.